The van der Waals surface area contributed by atoms with Crippen LogP contribution in [0.25, 0.3) is 10.9 Å². The van der Waals surface area contributed by atoms with E-state index in [1.54, 1.807) is 0 Å². The average molecular weight is 360 g/mol. The quantitative estimate of drug-likeness (QED) is 0.679. The number of carbonyl (C=O) groups excluding carboxylic acids is 1. The van der Waals surface area contributed by atoms with Gasteiger partial charge in [-0.05, 0) is 42.2 Å². The first-order valence-corrected chi connectivity index (χ1v) is 8.44. The summed E-state index contributed by atoms with van der Waals surface area (Å²) >= 11 is 0. The number of fused-ring (bicyclic) bond motifs is 1. The van der Waals surface area contributed by atoms with Crippen molar-refractivity contribution in [1.82, 2.24) is 10.3 Å². The summed E-state index contributed by atoms with van der Waals surface area (Å²) in [6.45, 7) is 2.28. The van der Waals surface area contributed by atoms with Crippen LogP contribution in [-0.2, 0) is 19.0 Å². The Hall–Kier alpha value is -2.76. The van der Waals surface area contributed by atoms with Crippen molar-refractivity contribution in [3.05, 3.63) is 70.9 Å². The lowest BCUT2D eigenvalue weighted by Crippen LogP contribution is -2.26. The average Bonchev–Trinajstić information content (AvgIpc) is 2.99. The highest BCUT2D eigenvalue weighted by Gasteiger charge is 2.31. The van der Waals surface area contributed by atoms with Crippen molar-refractivity contribution in [3.63, 3.8) is 0 Å². The second kappa shape index (κ2) is 7.23. The molecule has 0 radical (unpaired) electrons. The summed E-state index contributed by atoms with van der Waals surface area (Å²) in [7, 11) is 0. The van der Waals surface area contributed by atoms with Crippen LogP contribution >= 0.6 is 0 Å². The number of carbonyl (C=O) groups is 1. The highest BCUT2D eigenvalue weighted by Crippen LogP contribution is 2.33. The van der Waals surface area contributed by atoms with E-state index in [0.29, 0.717) is 41.5 Å². The van der Waals surface area contributed by atoms with E-state index in [2.05, 4.69) is 10.3 Å². The Morgan fingerprint density at radius 1 is 1.12 bits per heavy atom. The zero-order valence-electron chi connectivity index (χ0n) is 14.3. The number of halogens is 3. The van der Waals surface area contributed by atoms with Crippen LogP contribution in [0.1, 0.15) is 34.1 Å². The van der Waals surface area contributed by atoms with Crippen LogP contribution in [0.4, 0.5) is 13.2 Å². The van der Waals surface area contributed by atoms with Crippen LogP contribution < -0.4 is 5.32 Å². The number of H-pyrrole nitrogens is 1. The Morgan fingerprint density at radius 3 is 2.50 bits per heavy atom. The summed E-state index contributed by atoms with van der Waals surface area (Å²) in [5.41, 5.74) is 1.85. The van der Waals surface area contributed by atoms with Gasteiger partial charge in [0.15, 0.2) is 0 Å². The number of aromatic nitrogens is 1. The second-order valence-corrected chi connectivity index (χ2v) is 6.08. The van der Waals surface area contributed by atoms with Crippen molar-refractivity contribution in [2.24, 2.45) is 0 Å². The Kier molecular flexibility index (Phi) is 5.02. The van der Waals surface area contributed by atoms with Crippen LogP contribution in [-0.4, -0.2) is 17.4 Å². The monoisotopic (exact) mass is 360 g/mol. The number of rotatable bonds is 5. The van der Waals surface area contributed by atoms with Gasteiger partial charge in [-0.3, -0.25) is 4.79 Å². The molecule has 2 N–H and O–H groups in total. The van der Waals surface area contributed by atoms with E-state index in [1.165, 1.54) is 6.07 Å². The normalized spacial score (nSPS) is 11.7. The molecule has 0 aliphatic carbocycles. The lowest BCUT2D eigenvalue weighted by atomic mass is 10.1. The molecule has 2 aromatic carbocycles. The van der Waals surface area contributed by atoms with Crippen molar-refractivity contribution >= 4 is 16.8 Å². The molecule has 3 rings (SSSR count). The molecule has 0 aliphatic rings. The van der Waals surface area contributed by atoms with Crippen LogP contribution in [0.15, 0.2) is 48.5 Å². The molecule has 1 amide bonds. The van der Waals surface area contributed by atoms with E-state index in [1.807, 2.05) is 37.3 Å². The van der Waals surface area contributed by atoms with Gasteiger partial charge in [0.2, 0.25) is 0 Å². The number of amides is 1. The van der Waals surface area contributed by atoms with Crippen LogP contribution in [0, 0.1) is 0 Å². The predicted molar refractivity (Wildman–Crippen MR) is 95.2 cm³/mol. The third kappa shape index (κ3) is 3.74. The van der Waals surface area contributed by atoms with Gasteiger partial charge in [-0.2, -0.15) is 13.2 Å². The van der Waals surface area contributed by atoms with Gasteiger partial charge in [0.05, 0.1) is 5.56 Å². The molecule has 0 atom stereocenters. The Labute approximate surface area is 149 Å². The first-order valence-electron chi connectivity index (χ1n) is 8.44. The molecule has 6 heteroatoms. The Bertz CT molecular complexity index is 914. The lowest BCUT2D eigenvalue weighted by Gasteiger charge is -2.07. The van der Waals surface area contributed by atoms with Gasteiger partial charge in [-0.1, -0.05) is 37.3 Å². The van der Waals surface area contributed by atoms with E-state index in [4.69, 9.17) is 0 Å². The van der Waals surface area contributed by atoms with Crippen LogP contribution in [0.3, 0.4) is 0 Å². The molecule has 1 aromatic heterocycles. The smallest absolute Gasteiger partial charge is 0.350 e. The summed E-state index contributed by atoms with van der Waals surface area (Å²) in [4.78, 5) is 15.5. The van der Waals surface area contributed by atoms with Crippen molar-refractivity contribution in [3.8, 4) is 0 Å². The molecule has 0 aliphatic heterocycles. The molecule has 0 saturated carbocycles. The topological polar surface area (TPSA) is 44.9 Å². The number of aryl methyl sites for hydroxylation is 1. The maximum Gasteiger partial charge on any atom is 0.416 e. The highest BCUT2D eigenvalue weighted by molar-refractivity contribution is 6.01. The molecular weight excluding hydrogens is 341 g/mol. The largest absolute Gasteiger partial charge is 0.416 e. The minimum Gasteiger partial charge on any atom is -0.350 e. The zero-order chi connectivity index (χ0) is 18.7. The van der Waals surface area contributed by atoms with Gasteiger partial charge < -0.3 is 10.3 Å². The van der Waals surface area contributed by atoms with Gasteiger partial charge in [0.1, 0.15) is 5.69 Å². The third-order valence-corrected chi connectivity index (χ3v) is 4.36. The number of alkyl halides is 3. The molecule has 0 bridgehead atoms. The molecule has 0 spiro atoms. The molecule has 0 unspecified atom stereocenters. The fourth-order valence-electron chi connectivity index (χ4n) is 3.04. The summed E-state index contributed by atoms with van der Waals surface area (Å²) in [6, 6.07) is 13.2. The minimum atomic E-state index is -4.41. The standard InChI is InChI=1S/C20H19F3N2O/c1-2-15-16-12-14(20(21,22)23)8-9-17(16)25-18(15)19(26)24-11-10-13-6-4-3-5-7-13/h3-9,12,25H,2,10-11H2,1H3,(H,24,26). The van der Waals surface area contributed by atoms with Crippen molar-refractivity contribution < 1.29 is 18.0 Å². The summed E-state index contributed by atoms with van der Waals surface area (Å²) in [6.07, 6.45) is -3.26. The minimum absolute atomic E-state index is 0.303. The first-order chi connectivity index (χ1) is 12.4. The molecule has 136 valence electrons. The van der Waals surface area contributed by atoms with Gasteiger partial charge in [-0.15, -0.1) is 0 Å². The number of hydrogen-bond acceptors (Lipinski definition) is 1. The molecule has 26 heavy (non-hydrogen) atoms. The molecular formula is C20H19F3N2O. The van der Waals surface area contributed by atoms with Gasteiger partial charge in [0.25, 0.3) is 5.91 Å². The fourth-order valence-corrected chi connectivity index (χ4v) is 3.04. The number of nitrogens with one attached hydrogen (secondary N) is 2. The Balaban J connectivity index is 1.81. The summed E-state index contributed by atoms with van der Waals surface area (Å²) in [5, 5.41) is 3.28. The highest BCUT2D eigenvalue weighted by atomic mass is 19.4. The van der Waals surface area contributed by atoms with Crippen molar-refractivity contribution in [2.75, 3.05) is 6.54 Å². The predicted octanol–water partition coefficient (Wildman–Crippen LogP) is 4.72. The summed E-state index contributed by atoms with van der Waals surface area (Å²) < 4.78 is 38.9. The SMILES string of the molecule is CCc1c(C(=O)NCCc2ccccc2)[nH]c2ccc(C(F)(F)F)cc12. The van der Waals surface area contributed by atoms with Crippen LogP contribution in [0.2, 0.25) is 0 Å². The lowest BCUT2D eigenvalue weighted by molar-refractivity contribution is -0.137. The van der Waals surface area contributed by atoms with E-state index in [9.17, 15) is 18.0 Å². The number of hydrogen-bond donors (Lipinski definition) is 2. The van der Waals surface area contributed by atoms with Gasteiger partial charge >= 0.3 is 6.18 Å². The van der Waals surface area contributed by atoms with E-state index >= 15 is 0 Å². The maximum atomic E-state index is 13.0. The first kappa shape index (κ1) is 18.0. The van der Waals surface area contributed by atoms with E-state index in [-0.39, 0.29) is 5.91 Å². The number of aromatic amines is 1. The number of benzene rings is 2. The van der Waals surface area contributed by atoms with Gasteiger partial charge in [0, 0.05) is 17.4 Å². The zero-order valence-corrected chi connectivity index (χ0v) is 14.3. The second-order valence-electron chi connectivity index (χ2n) is 6.08. The molecule has 1 heterocycles. The maximum absolute atomic E-state index is 13.0. The van der Waals surface area contributed by atoms with Crippen molar-refractivity contribution in [2.45, 2.75) is 25.9 Å². The summed E-state index contributed by atoms with van der Waals surface area (Å²) in [5.74, 6) is -0.303. The Morgan fingerprint density at radius 2 is 1.85 bits per heavy atom. The van der Waals surface area contributed by atoms with E-state index in [0.717, 1.165) is 17.7 Å². The fraction of sp³-hybridized carbons (Fsp3) is 0.250. The molecule has 0 saturated heterocycles. The molecule has 3 nitrogen and oxygen atoms in total. The third-order valence-electron chi connectivity index (χ3n) is 4.36. The molecule has 3 aromatic rings. The van der Waals surface area contributed by atoms with Crippen LogP contribution in [0.5, 0.6) is 0 Å². The molecule has 0 fully saturated rings. The van der Waals surface area contributed by atoms with Crippen molar-refractivity contribution in [1.29, 1.82) is 0 Å². The van der Waals surface area contributed by atoms with Gasteiger partial charge in [-0.25, -0.2) is 0 Å². The van der Waals surface area contributed by atoms with E-state index < -0.39 is 11.7 Å².